The molecule has 128 valence electrons. The van der Waals surface area contributed by atoms with Crippen molar-refractivity contribution in [1.82, 2.24) is 14.8 Å². The van der Waals surface area contributed by atoms with Gasteiger partial charge in [-0.1, -0.05) is 6.07 Å². The molecule has 3 aromatic rings. The van der Waals surface area contributed by atoms with Gasteiger partial charge < -0.3 is 10.6 Å². The van der Waals surface area contributed by atoms with Gasteiger partial charge >= 0.3 is 0 Å². The van der Waals surface area contributed by atoms with E-state index in [1.807, 2.05) is 29.9 Å². The topological polar surface area (TPSA) is 71.8 Å². The first-order valence-electron chi connectivity index (χ1n) is 8.45. The molecule has 1 aliphatic heterocycles. The second-order valence-electron chi connectivity index (χ2n) is 6.74. The van der Waals surface area contributed by atoms with E-state index >= 15 is 0 Å². The van der Waals surface area contributed by atoms with Crippen LogP contribution >= 0.6 is 0 Å². The first-order valence-corrected chi connectivity index (χ1v) is 8.45. The van der Waals surface area contributed by atoms with Crippen LogP contribution in [-0.4, -0.2) is 27.2 Å². The van der Waals surface area contributed by atoms with E-state index in [2.05, 4.69) is 40.6 Å². The van der Waals surface area contributed by atoms with Crippen LogP contribution < -0.4 is 10.6 Å². The number of rotatable bonds is 2. The Labute approximate surface area is 146 Å². The first-order chi connectivity index (χ1) is 12.0. The zero-order valence-electron chi connectivity index (χ0n) is 14.6. The zero-order chi connectivity index (χ0) is 17.6. The van der Waals surface area contributed by atoms with Gasteiger partial charge in [0.1, 0.15) is 5.82 Å². The molecule has 0 fully saturated rings. The summed E-state index contributed by atoms with van der Waals surface area (Å²) >= 11 is 0. The summed E-state index contributed by atoms with van der Waals surface area (Å²) in [5.74, 6) is 0.438. The summed E-state index contributed by atoms with van der Waals surface area (Å²) in [6.07, 6.45) is 2.48. The van der Waals surface area contributed by atoms with Crippen molar-refractivity contribution in [1.29, 1.82) is 0 Å². The third-order valence-electron chi connectivity index (χ3n) is 4.82. The van der Waals surface area contributed by atoms with E-state index in [9.17, 15) is 4.79 Å². The molecule has 2 aromatic heterocycles. The minimum absolute atomic E-state index is 0.0180. The molecule has 1 aromatic carbocycles. The highest BCUT2D eigenvalue weighted by molar-refractivity contribution is 5.94. The number of fused-ring (bicyclic) bond motifs is 2. The van der Waals surface area contributed by atoms with Gasteiger partial charge in [0.2, 0.25) is 5.91 Å². The van der Waals surface area contributed by atoms with Crippen molar-refractivity contribution in [2.24, 2.45) is 13.0 Å². The molecule has 0 saturated heterocycles. The molecule has 0 bridgehead atoms. The van der Waals surface area contributed by atoms with Crippen LogP contribution in [0.4, 0.5) is 11.5 Å². The van der Waals surface area contributed by atoms with Gasteiger partial charge in [0.05, 0.1) is 29.0 Å². The predicted octanol–water partition coefficient (Wildman–Crippen LogP) is 2.81. The van der Waals surface area contributed by atoms with Crippen molar-refractivity contribution >= 4 is 28.3 Å². The molecule has 0 saturated carbocycles. The molecule has 6 nitrogen and oxygen atoms in total. The fraction of sp³-hybridized carbons (Fsp3) is 0.316. The summed E-state index contributed by atoms with van der Waals surface area (Å²) in [6.45, 7) is 4.74. The Balaban J connectivity index is 1.55. The normalized spacial score (nSPS) is 16.4. The molecule has 6 heteroatoms. The third kappa shape index (κ3) is 2.84. The summed E-state index contributed by atoms with van der Waals surface area (Å²) in [4.78, 5) is 17.3. The van der Waals surface area contributed by atoms with E-state index in [1.54, 1.807) is 6.20 Å². The number of pyridine rings is 1. The number of nitrogens with zero attached hydrogens (tertiary/aromatic N) is 3. The molecule has 4 rings (SSSR count). The standard InChI is InChI=1S/C19H21N5O/c1-11-6-12(2)14-4-5-18(22-15(14)7-11)23-19(25)13-8-17-16(20-9-13)10-21-24(17)3/h4-7,10,13,20H,8-9H2,1-3H3,(H,22,23,25). The third-order valence-corrected chi connectivity index (χ3v) is 4.82. The lowest BCUT2D eigenvalue weighted by Gasteiger charge is -2.23. The summed E-state index contributed by atoms with van der Waals surface area (Å²) < 4.78 is 1.82. The number of hydrogen-bond acceptors (Lipinski definition) is 4. The van der Waals surface area contributed by atoms with Gasteiger partial charge in [-0.25, -0.2) is 4.98 Å². The molecule has 25 heavy (non-hydrogen) atoms. The van der Waals surface area contributed by atoms with Crippen LogP contribution in [0.3, 0.4) is 0 Å². The average Bonchev–Trinajstić information content (AvgIpc) is 2.95. The van der Waals surface area contributed by atoms with Gasteiger partial charge in [-0.15, -0.1) is 0 Å². The Bertz CT molecular complexity index is 975. The fourth-order valence-corrected chi connectivity index (χ4v) is 3.47. The fourth-order valence-electron chi connectivity index (χ4n) is 3.47. The molecule has 1 atom stereocenters. The van der Waals surface area contributed by atoms with E-state index in [1.165, 1.54) is 11.1 Å². The van der Waals surface area contributed by atoms with Crippen LogP contribution in [0, 0.1) is 19.8 Å². The number of carbonyl (C=O) groups is 1. The number of aryl methyl sites for hydroxylation is 3. The molecule has 0 aliphatic carbocycles. The number of carbonyl (C=O) groups excluding carboxylic acids is 1. The Morgan fingerprint density at radius 1 is 1.32 bits per heavy atom. The molecule has 1 amide bonds. The molecular formula is C19H21N5O. The number of benzene rings is 1. The van der Waals surface area contributed by atoms with Gasteiger partial charge in [0.25, 0.3) is 0 Å². The molecule has 1 aliphatic rings. The Morgan fingerprint density at radius 3 is 3.00 bits per heavy atom. The van der Waals surface area contributed by atoms with E-state index in [-0.39, 0.29) is 11.8 Å². The molecule has 1 unspecified atom stereocenters. The first kappa shape index (κ1) is 15.6. The molecular weight excluding hydrogens is 314 g/mol. The minimum Gasteiger partial charge on any atom is -0.381 e. The van der Waals surface area contributed by atoms with Crippen molar-refractivity contribution in [3.8, 4) is 0 Å². The number of aromatic nitrogens is 3. The number of amides is 1. The molecule has 3 heterocycles. The van der Waals surface area contributed by atoms with Crippen LogP contribution in [0.25, 0.3) is 10.9 Å². The number of anilines is 2. The quantitative estimate of drug-likeness (QED) is 0.755. The van der Waals surface area contributed by atoms with E-state index < -0.39 is 0 Å². The summed E-state index contributed by atoms with van der Waals surface area (Å²) in [5, 5.41) is 11.6. The lowest BCUT2D eigenvalue weighted by molar-refractivity contribution is -0.119. The van der Waals surface area contributed by atoms with E-state index in [0.717, 1.165) is 22.3 Å². The Kier molecular flexibility index (Phi) is 3.67. The monoisotopic (exact) mass is 335 g/mol. The summed E-state index contributed by atoms with van der Waals surface area (Å²) in [7, 11) is 1.90. The largest absolute Gasteiger partial charge is 0.381 e. The highest BCUT2D eigenvalue weighted by Crippen LogP contribution is 2.25. The maximum absolute atomic E-state index is 12.7. The van der Waals surface area contributed by atoms with Crippen LogP contribution in [0.5, 0.6) is 0 Å². The van der Waals surface area contributed by atoms with Gasteiger partial charge in [0, 0.05) is 25.4 Å². The van der Waals surface area contributed by atoms with Crippen LogP contribution in [-0.2, 0) is 18.3 Å². The smallest absolute Gasteiger partial charge is 0.230 e. The Morgan fingerprint density at radius 2 is 2.16 bits per heavy atom. The van der Waals surface area contributed by atoms with E-state index in [0.29, 0.717) is 18.8 Å². The lowest BCUT2D eigenvalue weighted by Crippen LogP contribution is -2.34. The van der Waals surface area contributed by atoms with Crippen molar-refractivity contribution in [2.45, 2.75) is 20.3 Å². The highest BCUT2D eigenvalue weighted by atomic mass is 16.2. The summed E-state index contributed by atoms with van der Waals surface area (Å²) in [5.41, 5.74) is 5.35. The van der Waals surface area contributed by atoms with Gasteiger partial charge in [-0.3, -0.25) is 9.48 Å². The number of hydrogen-bond donors (Lipinski definition) is 2. The lowest BCUT2D eigenvalue weighted by atomic mass is 9.98. The van der Waals surface area contributed by atoms with Gasteiger partial charge in [0.15, 0.2) is 0 Å². The van der Waals surface area contributed by atoms with Crippen molar-refractivity contribution in [2.75, 3.05) is 17.2 Å². The molecule has 2 N–H and O–H groups in total. The maximum Gasteiger partial charge on any atom is 0.230 e. The van der Waals surface area contributed by atoms with E-state index in [4.69, 9.17) is 0 Å². The second-order valence-corrected chi connectivity index (χ2v) is 6.74. The predicted molar refractivity (Wildman–Crippen MR) is 98.7 cm³/mol. The van der Waals surface area contributed by atoms with Gasteiger partial charge in [-0.05, 0) is 43.2 Å². The maximum atomic E-state index is 12.7. The summed E-state index contributed by atoms with van der Waals surface area (Å²) in [6, 6.07) is 8.07. The van der Waals surface area contributed by atoms with Crippen LogP contribution in [0.1, 0.15) is 16.8 Å². The van der Waals surface area contributed by atoms with Crippen molar-refractivity contribution in [3.63, 3.8) is 0 Å². The second kappa shape index (κ2) is 5.88. The Hall–Kier alpha value is -2.89. The van der Waals surface area contributed by atoms with Crippen molar-refractivity contribution < 1.29 is 4.79 Å². The van der Waals surface area contributed by atoms with Crippen LogP contribution in [0.2, 0.25) is 0 Å². The van der Waals surface area contributed by atoms with Crippen LogP contribution in [0.15, 0.2) is 30.5 Å². The average molecular weight is 335 g/mol. The van der Waals surface area contributed by atoms with Crippen molar-refractivity contribution in [3.05, 3.63) is 47.3 Å². The molecule has 0 spiro atoms. The molecule has 0 radical (unpaired) electrons. The zero-order valence-corrected chi connectivity index (χ0v) is 14.6. The minimum atomic E-state index is -0.139. The highest BCUT2D eigenvalue weighted by Gasteiger charge is 2.27. The van der Waals surface area contributed by atoms with Gasteiger partial charge in [-0.2, -0.15) is 5.10 Å². The number of nitrogens with one attached hydrogen (secondary N) is 2. The SMILES string of the molecule is Cc1cc(C)c2ccc(NC(=O)C3CNc4cnn(C)c4C3)nc2c1.